The molecular formula is C30H28N2O2S2. The third-order valence-corrected chi connectivity index (χ3v) is 9.13. The molecule has 0 amide bonds. The number of hydrogen-bond acceptors (Lipinski definition) is 5. The minimum Gasteiger partial charge on any atom is -0.372 e. The molecule has 182 valence electrons. The van der Waals surface area contributed by atoms with E-state index in [-0.39, 0.29) is 11.7 Å². The Morgan fingerprint density at radius 2 is 1.86 bits per heavy atom. The van der Waals surface area contributed by atoms with Gasteiger partial charge in [0.2, 0.25) is 0 Å². The van der Waals surface area contributed by atoms with Crippen molar-refractivity contribution in [3.63, 3.8) is 0 Å². The summed E-state index contributed by atoms with van der Waals surface area (Å²) < 4.78 is 7.95. The van der Waals surface area contributed by atoms with Gasteiger partial charge in [-0.15, -0.1) is 11.3 Å². The summed E-state index contributed by atoms with van der Waals surface area (Å²) in [6.07, 6.45) is 0.891. The Kier molecular flexibility index (Phi) is 6.20. The van der Waals surface area contributed by atoms with Gasteiger partial charge in [-0.25, -0.2) is 4.98 Å². The van der Waals surface area contributed by atoms with Crippen LogP contribution in [0.15, 0.2) is 76.7 Å². The molecule has 1 atom stereocenters. The maximum Gasteiger partial charge on any atom is 0.267 e. The zero-order valence-electron chi connectivity index (χ0n) is 20.7. The Labute approximate surface area is 219 Å². The molecule has 0 fully saturated rings. The van der Waals surface area contributed by atoms with E-state index in [9.17, 15) is 4.79 Å². The number of para-hydroxylation sites is 1. The van der Waals surface area contributed by atoms with Gasteiger partial charge in [0.05, 0.1) is 23.8 Å². The molecule has 1 aliphatic heterocycles. The maximum atomic E-state index is 14.2. The molecule has 0 saturated carbocycles. The number of nitrogens with zero attached hydrogens (tertiary/aromatic N) is 2. The van der Waals surface area contributed by atoms with E-state index in [0.29, 0.717) is 12.5 Å². The third-order valence-electron chi connectivity index (χ3n) is 7.05. The van der Waals surface area contributed by atoms with Crippen molar-refractivity contribution in [2.24, 2.45) is 5.92 Å². The van der Waals surface area contributed by atoms with Crippen molar-refractivity contribution in [2.45, 2.75) is 50.8 Å². The fourth-order valence-corrected chi connectivity index (χ4v) is 7.19. The molecule has 5 aromatic rings. The largest absolute Gasteiger partial charge is 0.372 e. The Bertz CT molecular complexity index is 1650. The zero-order valence-corrected chi connectivity index (χ0v) is 22.3. The first kappa shape index (κ1) is 23.5. The summed E-state index contributed by atoms with van der Waals surface area (Å²) in [6, 6.07) is 22.9. The molecule has 6 heteroatoms. The first-order valence-corrected chi connectivity index (χ1v) is 14.2. The predicted molar refractivity (Wildman–Crippen MR) is 151 cm³/mol. The van der Waals surface area contributed by atoms with Crippen LogP contribution in [-0.2, 0) is 23.5 Å². The van der Waals surface area contributed by atoms with E-state index >= 15 is 0 Å². The van der Waals surface area contributed by atoms with Crippen molar-refractivity contribution in [1.29, 1.82) is 0 Å². The number of thiophene rings is 1. The quantitative estimate of drug-likeness (QED) is 0.183. The van der Waals surface area contributed by atoms with E-state index in [1.54, 1.807) is 23.1 Å². The van der Waals surface area contributed by atoms with Crippen molar-refractivity contribution in [3.8, 4) is 5.69 Å². The van der Waals surface area contributed by atoms with Crippen LogP contribution in [0, 0.1) is 12.8 Å². The van der Waals surface area contributed by atoms with Gasteiger partial charge in [0.15, 0.2) is 5.16 Å². The third kappa shape index (κ3) is 4.07. The highest BCUT2D eigenvalue weighted by molar-refractivity contribution is 7.98. The minimum atomic E-state index is 0.0247. The minimum absolute atomic E-state index is 0.0247. The van der Waals surface area contributed by atoms with Crippen molar-refractivity contribution in [1.82, 2.24) is 9.55 Å². The number of hydrogen-bond donors (Lipinski definition) is 0. The molecule has 4 nitrogen and oxygen atoms in total. The van der Waals surface area contributed by atoms with Crippen LogP contribution in [0.25, 0.3) is 26.7 Å². The van der Waals surface area contributed by atoms with Gasteiger partial charge in [-0.05, 0) is 46.4 Å². The highest BCUT2D eigenvalue weighted by Gasteiger charge is 2.29. The van der Waals surface area contributed by atoms with Crippen LogP contribution in [0.5, 0.6) is 0 Å². The number of aromatic nitrogens is 2. The molecule has 0 bridgehead atoms. The second-order valence-electron chi connectivity index (χ2n) is 9.73. The Morgan fingerprint density at radius 1 is 1.08 bits per heavy atom. The molecule has 6 rings (SSSR count). The van der Waals surface area contributed by atoms with Crippen molar-refractivity contribution >= 4 is 44.1 Å². The van der Waals surface area contributed by atoms with Crippen LogP contribution < -0.4 is 5.56 Å². The summed E-state index contributed by atoms with van der Waals surface area (Å²) in [5.41, 5.74) is 4.34. The summed E-state index contributed by atoms with van der Waals surface area (Å²) >= 11 is 3.24. The molecule has 3 aromatic carbocycles. The molecule has 3 heterocycles. The van der Waals surface area contributed by atoms with Gasteiger partial charge in [0, 0.05) is 17.1 Å². The Balaban J connectivity index is 1.50. The van der Waals surface area contributed by atoms with E-state index in [2.05, 4.69) is 69.3 Å². The average molecular weight is 513 g/mol. The van der Waals surface area contributed by atoms with E-state index in [1.165, 1.54) is 16.3 Å². The van der Waals surface area contributed by atoms with E-state index in [0.717, 1.165) is 49.2 Å². The maximum absolute atomic E-state index is 14.2. The number of rotatable bonds is 5. The molecule has 0 radical (unpaired) electrons. The first-order valence-electron chi connectivity index (χ1n) is 12.4. The summed E-state index contributed by atoms with van der Waals surface area (Å²) in [5, 5.41) is 3.96. The highest BCUT2D eigenvalue weighted by Crippen LogP contribution is 2.37. The van der Waals surface area contributed by atoms with E-state index < -0.39 is 0 Å². The van der Waals surface area contributed by atoms with Gasteiger partial charge in [-0.3, -0.25) is 9.36 Å². The number of thioether (sulfide) groups is 1. The van der Waals surface area contributed by atoms with Crippen LogP contribution >= 0.6 is 23.1 Å². The van der Waals surface area contributed by atoms with Crippen molar-refractivity contribution in [3.05, 3.63) is 98.7 Å². The topological polar surface area (TPSA) is 44.1 Å². The standard InChI is InChI=1S/C30H28N2O2S2/c1-18(2)25-15-23-26(16-34-25)36-28-27(23)29(33)32(24-14-7-4-9-19(24)3)30(31-28)35-17-21-12-8-11-20-10-5-6-13-22(20)21/h4-14,18,25H,15-17H2,1-3H3/t25-/m1/s1. The fraction of sp³-hybridized carbons (Fsp3) is 0.267. The second kappa shape index (κ2) is 9.51. The molecule has 36 heavy (non-hydrogen) atoms. The smallest absolute Gasteiger partial charge is 0.267 e. The average Bonchev–Trinajstić information content (AvgIpc) is 3.26. The molecule has 0 spiro atoms. The summed E-state index contributed by atoms with van der Waals surface area (Å²) in [4.78, 5) is 21.3. The Morgan fingerprint density at radius 3 is 2.69 bits per heavy atom. The SMILES string of the molecule is Cc1ccccc1-n1c(SCc2cccc3ccccc23)nc2sc3c(c2c1=O)C[C@H](C(C)C)OC3. The van der Waals surface area contributed by atoms with Crippen molar-refractivity contribution < 1.29 is 4.74 Å². The van der Waals surface area contributed by atoms with Gasteiger partial charge in [0.25, 0.3) is 5.56 Å². The molecule has 2 aromatic heterocycles. The molecule has 0 N–H and O–H groups in total. The lowest BCUT2D eigenvalue weighted by atomic mass is 9.96. The lowest BCUT2D eigenvalue weighted by molar-refractivity contribution is 0.00200. The van der Waals surface area contributed by atoms with E-state index in [1.807, 2.05) is 22.8 Å². The summed E-state index contributed by atoms with van der Waals surface area (Å²) in [5.74, 6) is 1.13. The van der Waals surface area contributed by atoms with Crippen LogP contribution in [0.3, 0.4) is 0 Å². The Hall–Kier alpha value is -2.93. The van der Waals surface area contributed by atoms with Gasteiger partial charge < -0.3 is 4.74 Å². The second-order valence-corrected chi connectivity index (χ2v) is 11.8. The number of aryl methyl sites for hydroxylation is 1. The number of ether oxygens (including phenoxy) is 1. The van der Waals surface area contributed by atoms with Crippen molar-refractivity contribution in [2.75, 3.05) is 0 Å². The predicted octanol–water partition coefficient (Wildman–Crippen LogP) is 7.30. The highest BCUT2D eigenvalue weighted by atomic mass is 32.2. The lowest BCUT2D eigenvalue weighted by Gasteiger charge is -2.26. The molecule has 1 aliphatic rings. The van der Waals surface area contributed by atoms with Gasteiger partial charge in [-0.1, -0.05) is 86.3 Å². The molecule has 0 unspecified atom stereocenters. The van der Waals surface area contributed by atoms with Gasteiger partial charge in [0.1, 0.15) is 4.83 Å². The molecule has 0 saturated heterocycles. The lowest BCUT2D eigenvalue weighted by Crippen LogP contribution is -2.28. The van der Waals surface area contributed by atoms with Gasteiger partial charge >= 0.3 is 0 Å². The number of benzene rings is 3. The van der Waals surface area contributed by atoms with Crippen LogP contribution in [-0.4, -0.2) is 15.7 Å². The zero-order chi connectivity index (χ0) is 24.8. The molecule has 0 aliphatic carbocycles. The van der Waals surface area contributed by atoms with Crippen LogP contribution in [0.2, 0.25) is 0 Å². The molecular weight excluding hydrogens is 484 g/mol. The number of fused-ring (bicyclic) bond motifs is 4. The van der Waals surface area contributed by atoms with Crippen LogP contribution in [0.4, 0.5) is 0 Å². The first-order chi connectivity index (χ1) is 17.5. The van der Waals surface area contributed by atoms with Gasteiger partial charge in [-0.2, -0.15) is 0 Å². The summed E-state index contributed by atoms with van der Waals surface area (Å²) in [7, 11) is 0. The monoisotopic (exact) mass is 512 g/mol. The summed E-state index contributed by atoms with van der Waals surface area (Å²) in [6.45, 7) is 6.96. The van der Waals surface area contributed by atoms with E-state index in [4.69, 9.17) is 9.72 Å². The normalized spacial score (nSPS) is 15.6. The fourth-order valence-electron chi connectivity index (χ4n) is 5.02. The van der Waals surface area contributed by atoms with Crippen LogP contribution in [0.1, 0.15) is 35.4 Å².